The first-order valence-corrected chi connectivity index (χ1v) is 7.86. The zero-order valence-electron chi connectivity index (χ0n) is 14.4. The molecule has 0 saturated heterocycles. The number of nitrogens with one attached hydrogen (secondary N) is 1. The van der Waals surface area contributed by atoms with Crippen molar-refractivity contribution in [2.45, 2.75) is 26.0 Å². The number of hydrogen-bond acceptors (Lipinski definition) is 5. The minimum Gasteiger partial charge on any atom is -0.504 e. The number of phenolic OH excluding ortho intramolecular Hbond substituents is 1. The Labute approximate surface area is 146 Å². The number of aromatic hydroxyl groups is 1. The highest BCUT2D eigenvalue weighted by molar-refractivity contribution is 5.95. The quantitative estimate of drug-likeness (QED) is 0.788. The Morgan fingerprint density at radius 1 is 1.04 bits per heavy atom. The molecule has 0 aromatic heterocycles. The SMILES string of the molecule is COc1cccc(C(=O)OC(C)C(=O)NC(C)c2ccccc2)c1O. The van der Waals surface area contributed by atoms with E-state index in [0.717, 1.165) is 5.56 Å². The van der Waals surface area contributed by atoms with E-state index in [0.29, 0.717) is 0 Å². The van der Waals surface area contributed by atoms with Crippen LogP contribution in [-0.4, -0.2) is 30.2 Å². The van der Waals surface area contributed by atoms with Crippen molar-refractivity contribution in [1.82, 2.24) is 5.32 Å². The minimum absolute atomic E-state index is 0.0601. The Balaban J connectivity index is 2.00. The van der Waals surface area contributed by atoms with E-state index in [4.69, 9.17) is 9.47 Å². The molecule has 0 spiro atoms. The van der Waals surface area contributed by atoms with Crippen LogP contribution in [0.4, 0.5) is 0 Å². The second-order valence-electron chi connectivity index (χ2n) is 5.54. The minimum atomic E-state index is -1.01. The first-order valence-electron chi connectivity index (χ1n) is 7.86. The maximum Gasteiger partial charge on any atom is 0.342 e. The van der Waals surface area contributed by atoms with Gasteiger partial charge in [0.15, 0.2) is 17.6 Å². The number of phenols is 1. The van der Waals surface area contributed by atoms with Gasteiger partial charge >= 0.3 is 5.97 Å². The Hall–Kier alpha value is -3.02. The standard InChI is InChI=1S/C19H21NO5/c1-12(14-8-5-4-6-9-14)20-18(22)13(2)25-19(23)15-10-7-11-16(24-3)17(15)21/h4-13,21H,1-3H3,(H,20,22). The molecule has 0 aliphatic rings. The predicted octanol–water partition coefficient (Wildman–Crippen LogP) is 2.82. The molecule has 2 atom stereocenters. The molecule has 6 nitrogen and oxygen atoms in total. The van der Waals surface area contributed by atoms with Gasteiger partial charge in [-0.25, -0.2) is 4.79 Å². The van der Waals surface area contributed by atoms with E-state index >= 15 is 0 Å². The first-order chi connectivity index (χ1) is 11.9. The van der Waals surface area contributed by atoms with E-state index in [9.17, 15) is 14.7 Å². The van der Waals surface area contributed by atoms with Crippen molar-refractivity contribution in [3.05, 3.63) is 59.7 Å². The Kier molecular flexibility index (Phi) is 6.00. The lowest BCUT2D eigenvalue weighted by Crippen LogP contribution is -2.37. The van der Waals surface area contributed by atoms with E-state index < -0.39 is 18.0 Å². The third-order valence-corrected chi connectivity index (χ3v) is 3.75. The highest BCUT2D eigenvalue weighted by Crippen LogP contribution is 2.30. The van der Waals surface area contributed by atoms with Gasteiger partial charge in [-0.3, -0.25) is 4.79 Å². The first kappa shape index (κ1) is 18.3. The summed E-state index contributed by atoms with van der Waals surface area (Å²) in [6, 6.07) is 13.7. The van der Waals surface area contributed by atoms with E-state index in [-0.39, 0.29) is 23.1 Å². The van der Waals surface area contributed by atoms with E-state index in [1.807, 2.05) is 37.3 Å². The number of benzene rings is 2. The summed E-state index contributed by atoms with van der Waals surface area (Å²) in [7, 11) is 1.38. The molecule has 6 heteroatoms. The average Bonchev–Trinajstić information content (AvgIpc) is 2.62. The molecule has 2 rings (SSSR count). The predicted molar refractivity (Wildman–Crippen MR) is 92.5 cm³/mol. The van der Waals surface area contributed by atoms with Gasteiger partial charge in [0, 0.05) is 0 Å². The third kappa shape index (κ3) is 4.50. The van der Waals surface area contributed by atoms with Crippen LogP contribution in [0.2, 0.25) is 0 Å². The number of ether oxygens (including phenoxy) is 2. The summed E-state index contributed by atoms with van der Waals surface area (Å²) in [5.41, 5.74) is 0.884. The topological polar surface area (TPSA) is 84.9 Å². The highest BCUT2D eigenvalue weighted by Gasteiger charge is 2.23. The van der Waals surface area contributed by atoms with Crippen molar-refractivity contribution < 1.29 is 24.2 Å². The Bertz CT molecular complexity index is 745. The number of hydrogen-bond donors (Lipinski definition) is 2. The molecule has 0 heterocycles. The monoisotopic (exact) mass is 343 g/mol. The fraction of sp³-hybridized carbons (Fsp3) is 0.263. The number of para-hydroxylation sites is 1. The van der Waals surface area contributed by atoms with Crippen molar-refractivity contribution in [2.24, 2.45) is 0 Å². The highest BCUT2D eigenvalue weighted by atomic mass is 16.5. The Morgan fingerprint density at radius 2 is 1.72 bits per heavy atom. The third-order valence-electron chi connectivity index (χ3n) is 3.75. The molecule has 132 valence electrons. The fourth-order valence-electron chi connectivity index (χ4n) is 2.29. The number of carbonyl (C=O) groups is 2. The maximum absolute atomic E-state index is 12.2. The second-order valence-corrected chi connectivity index (χ2v) is 5.54. The lowest BCUT2D eigenvalue weighted by molar-refractivity contribution is -0.129. The molecule has 0 bridgehead atoms. The molecule has 0 aliphatic carbocycles. The van der Waals surface area contributed by atoms with Gasteiger partial charge in [-0.05, 0) is 31.5 Å². The van der Waals surface area contributed by atoms with Crippen molar-refractivity contribution in [2.75, 3.05) is 7.11 Å². The van der Waals surface area contributed by atoms with Gasteiger partial charge in [0.05, 0.1) is 13.2 Å². The summed E-state index contributed by atoms with van der Waals surface area (Å²) in [4.78, 5) is 24.4. The smallest absolute Gasteiger partial charge is 0.342 e. The largest absolute Gasteiger partial charge is 0.504 e. The molecule has 2 aromatic rings. The van der Waals surface area contributed by atoms with Crippen LogP contribution < -0.4 is 10.1 Å². The number of esters is 1. The summed E-state index contributed by atoms with van der Waals surface area (Å²) in [6.07, 6.45) is -1.01. The molecule has 0 fully saturated rings. The van der Waals surface area contributed by atoms with Crippen LogP contribution >= 0.6 is 0 Å². The van der Waals surface area contributed by atoms with E-state index in [1.54, 1.807) is 6.07 Å². The molecule has 25 heavy (non-hydrogen) atoms. The average molecular weight is 343 g/mol. The zero-order chi connectivity index (χ0) is 18.4. The molecule has 0 aliphatic heterocycles. The lowest BCUT2D eigenvalue weighted by Gasteiger charge is -2.18. The van der Waals surface area contributed by atoms with Crippen LogP contribution in [0.25, 0.3) is 0 Å². The van der Waals surface area contributed by atoms with Gasteiger partial charge in [0.1, 0.15) is 5.56 Å². The molecule has 1 amide bonds. The van der Waals surface area contributed by atoms with Crippen LogP contribution in [0.3, 0.4) is 0 Å². The van der Waals surface area contributed by atoms with Gasteiger partial charge in [-0.15, -0.1) is 0 Å². The van der Waals surface area contributed by atoms with Crippen molar-refractivity contribution in [3.8, 4) is 11.5 Å². The number of methoxy groups -OCH3 is 1. The molecule has 2 aromatic carbocycles. The van der Waals surface area contributed by atoms with E-state index in [1.165, 1.54) is 26.2 Å². The summed E-state index contributed by atoms with van der Waals surface area (Å²) in [5.74, 6) is -1.39. The van der Waals surface area contributed by atoms with Gasteiger partial charge in [-0.2, -0.15) is 0 Å². The van der Waals surface area contributed by atoms with Crippen LogP contribution in [0, 0.1) is 0 Å². The van der Waals surface area contributed by atoms with Gasteiger partial charge in [-0.1, -0.05) is 36.4 Å². The number of rotatable bonds is 6. The lowest BCUT2D eigenvalue weighted by atomic mass is 10.1. The van der Waals surface area contributed by atoms with Crippen LogP contribution in [0.5, 0.6) is 11.5 Å². The van der Waals surface area contributed by atoms with E-state index in [2.05, 4.69) is 5.32 Å². The second kappa shape index (κ2) is 8.19. The van der Waals surface area contributed by atoms with Gasteiger partial charge in [0.2, 0.25) is 0 Å². The van der Waals surface area contributed by atoms with Crippen LogP contribution in [0.15, 0.2) is 48.5 Å². The summed E-state index contributed by atoms with van der Waals surface area (Å²) >= 11 is 0. The molecular weight excluding hydrogens is 322 g/mol. The summed E-state index contributed by atoms with van der Waals surface area (Å²) in [5, 5.41) is 12.8. The normalized spacial score (nSPS) is 12.8. The van der Waals surface area contributed by atoms with Crippen LogP contribution in [-0.2, 0) is 9.53 Å². The Morgan fingerprint density at radius 3 is 2.36 bits per heavy atom. The molecular formula is C19H21NO5. The summed E-state index contributed by atoms with van der Waals surface area (Å²) < 4.78 is 10.1. The number of amides is 1. The molecule has 0 radical (unpaired) electrons. The van der Waals surface area contributed by atoms with Crippen molar-refractivity contribution in [1.29, 1.82) is 0 Å². The number of carbonyl (C=O) groups excluding carboxylic acids is 2. The van der Waals surface area contributed by atoms with Crippen LogP contribution in [0.1, 0.15) is 35.8 Å². The maximum atomic E-state index is 12.2. The fourth-order valence-corrected chi connectivity index (χ4v) is 2.29. The molecule has 2 N–H and O–H groups in total. The molecule has 2 unspecified atom stereocenters. The molecule has 0 saturated carbocycles. The zero-order valence-corrected chi connectivity index (χ0v) is 14.4. The summed E-state index contributed by atoms with van der Waals surface area (Å²) in [6.45, 7) is 3.32. The van der Waals surface area contributed by atoms with Crippen molar-refractivity contribution in [3.63, 3.8) is 0 Å². The van der Waals surface area contributed by atoms with Crippen molar-refractivity contribution >= 4 is 11.9 Å². The van der Waals surface area contributed by atoms with Gasteiger partial charge in [0.25, 0.3) is 5.91 Å². The van der Waals surface area contributed by atoms with Gasteiger partial charge < -0.3 is 19.9 Å².